The van der Waals surface area contributed by atoms with E-state index in [1.807, 2.05) is 0 Å². The van der Waals surface area contributed by atoms with Crippen LogP contribution in [0.15, 0.2) is 5.16 Å². The SMILES string of the molecule is CC1CCCC(NC(=O)C(C)(C)C(N)=NO)C1. The Morgan fingerprint density at radius 1 is 1.47 bits per heavy atom. The molecule has 4 N–H and O–H groups in total. The summed E-state index contributed by atoms with van der Waals surface area (Å²) in [6.45, 7) is 5.51. The van der Waals surface area contributed by atoms with Crippen molar-refractivity contribution in [1.29, 1.82) is 0 Å². The number of rotatable bonds is 3. The molecule has 0 aromatic heterocycles. The highest BCUT2D eigenvalue weighted by atomic mass is 16.4. The predicted molar refractivity (Wildman–Crippen MR) is 66.8 cm³/mol. The first-order valence-electron chi connectivity index (χ1n) is 6.17. The van der Waals surface area contributed by atoms with E-state index >= 15 is 0 Å². The molecule has 0 heterocycles. The standard InChI is InChI=1S/C12H23N3O2/c1-8-5-4-6-9(7-8)14-11(16)12(2,3)10(13)15-17/h8-9,17H,4-7H2,1-3H3,(H2,13,15)(H,14,16). The highest BCUT2D eigenvalue weighted by Crippen LogP contribution is 2.25. The summed E-state index contributed by atoms with van der Waals surface area (Å²) in [5.41, 5.74) is 4.56. The number of oxime groups is 1. The van der Waals surface area contributed by atoms with Crippen LogP contribution in [0.5, 0.6) is 0 Å². The average Bonchev–Trinajstić information content (AvgIpc) is 2.27. The molecule has 2 atom stereocenters. The van der Waals surface area contributed by atoms with E-state index in [4.69, 9.17) is 10.9 Å². The topological polar surface area (TPSA) is 87.7 Å². The minimum Gasteiger partial charge on any atom is -0.409 e. The number of amidine groups is 1. The monoisotopic (exact) mass is 241 g/mol. The summed E-state index contributed by atoms with van der Waals surface area (Å²) in [5, 5.41) is 14.6. The molecule has 0 saturated heterocycles. The van der Waals surface area contributed by atoms with Crippen LogP contribution in [0, 0.1) is 11.3 Å². The first-order valence-corrected chi connectivity index (χ1v) is 6.17. The van der Waals surface area contributed by atoms with Crippen molar-refractivity contribution < 1.29 is 10.0 Å². The second-order valence-corrected chi connectivity index (χ2v) is 5.55. The lowest BCUT2D eigenvalue weighted by atomic mass is 9.85. The van der Waals surface area contributed by atoms with E-state index < -0.39 is 5.41 Å². The Kier molecular flexibility index (Phi) is 4.37. The number of nitrogens with zero attached hydrogens (tertiary/aromatic N) is 1. The molecule has 0 aromatic rings. The van der Waals surface area contributed by atoms with Crippen LogP contribution in [0.2, 0.25) is 0 Å². The molecule has 1 saturated carbocycles. The Morgan fingerprint density at radius 2 is 2.12 bits per heavy atom. The van der Waals surface area contributed by atoms with Crippen molar-refractivity contribution in [2.24, 2.45) is 22.2 Å². The second-order valence-electron chi connectivity index (χ2n) is 5.55. The molecule has 1 amide bonds. The third-order valence-electron chi connectivity index (χ3n) is 3.59. The molecule has 0 aliphatic heterocycles. The van der Waals surface area contributed by atoms with Crippen molar-refractivity contribution in [3.63, 3.8) is 0 Å². The van der Waals surface area contributed by atoms with Crippen molar-refractivity contribution in [1.82, 2.24) is 5.32 Å². The Hall–Kier alpha value is -1.26. The van der Waals surface area contributed by atoms with Crippen LogP contribution in [-0.4, -0.2) is 23.0 Å². The summed E-state index contributed by atoms with van der Waals surface area (Å²) in [7, 11) is 0. The average molecular weight is 241 g/mol. The molecule has 0 bridgehead atoms. The third-order valence-corrected chi connectivity index (χ3v) is 3.59. The summed E-state index contributed by atoms with van der Waals surface area (Å²) in [6, 6.07) is 0.219. The van der Waals surface area contributed by atoms with Crippen LogP contribution in [-0.2, 0) is 4.79 Å². The van der Waals surface area contributed by atoms with Gasteiger partial charge in [-0.3, -0.25) is 4.79 Å². The van der Waals surface area contributed by atoms with Gasteiger partial charge in [0.25, 0.3) is 0 Å². The molecule has 98 valence electrons. The molecule has 5 heteroatoms. The summed E-state index contributed by atoms with van der Waals surface area (Å²) >= 11 is 0. The zero-order chi connectivity index (χ0) is 13.1. The first kappa shape index (κ1) is 13.8. The van der Waals surface area contributed by atoms with Gasteiger partial charge in [0, 0.05) is 6.04 Å². The Labute approximate surface area is 102 Å². The number of nitrogens with two attached hydrogens (primary N) is 1. The highest BCUT2D eigenvalue weighted by Gasteiger charge is 2.34. The molecule has 17 heavy (non-hydrogen) atoms. The van der Waals surface area contributed by atoms with Crippen molar-refractivity contribution >= 4 is 11.7 Å². The van der Waals surface area contributed by atoms with Gasteiger partial charge in [0.15, 0.2) is 5.84 Å². The molecule has 2 unspecified atom stereocenters. The molecule has 0 radical (unpaired) electrons. The van der Waals surface area contributed by atoms with Crippen LogP contribution in [0.4, 0.5) is 0 Å². The fraction of sp³-hybridized carbons (Fsp3) is 0.833. The third kappa shape index (κ3) is 3.35. The largest absolute Gasteiger partial charge is 0.409 e. The van der Waals surface area contributed by atoms with Crippen molar-refractivity contribution in [2.45, 2.75) is 52.5 Å². The van der Waals surface area contributed by atoms with Crippen LogP contribution in [0.25, 0.3) is 0 Å². The number of hydrogen-bond acceptors (Lipinski definition) is 3. The van der Waals surface area contributed by atoms with E-state index in [0.717, 1.165) is 19.3 Å². The molecular formula is C12H23N3O2. The minimum absolute atomic E-state index is 0.0566. The number of hydrogen-bond donors (Lipinski definition) is 3. The summed E-state index contributed by atoms with van der Waals surface area (Å²) < 4.78 is 0. The van der Waals surface area contributed by atoms with E-state index in [-0.39, 0.29) is 17.8 Å². The molecule has 1 aliphatic carbocycles. The van der Waals surface area contributed by atoms with Gasteiger partial charge in [-0.25, -0.2) is 0 Å². The summed E-state index contributed by atoms with van der Waals surface area (Å²) in [4.78, 5) is 12.1. The summed E-state index contributed by atoms with van der Waals surface area (Å²) in [6.07, 6.45) is 4.41. The quantitative estimate of drug-likeness (QED) is 0.302. The minimum atomic E-state index is -0.963. The predicted octanol–water partition coefficient (Wildman–Crippen LogP) is 1.45. The number of nitrogens with one attached hydrogen (secondary N) is 1. The number of carbonyl (C=O) groups is 1. The van der Waals surface area contributed by atoms with Gasteiger partial charge < -0.3 is 16.3 Å². The fourth-order valence-electron chi connectivity index (χ4n) is 2.17. The smallest absolute Gasteiger partial charge is 0.233 e. The fourth-order valence-corrected chi connectivity index (χ4v) is 2.17. The first-order chi connectivity index (χ1) is 7.87. The molecule has 5 nitrogen and oxygen atoms in total. The molecular weight excluding hydrogens is 218 g/mol. The van der Waals surface area contributed by atoms with Crippen LogP contribution in [0.3, 0.4) is 0 Å². The lowest BCUT2D eigenvalue weighted by Crippen LogP contribution is -2.50. The molecule has 1 fully saturated rings. The Balaban J connectivity index is 2.59. The number of amides is 1. The van der Waals surface area contributed by atoms with Crippen LogP contribution >= 0.6 is 0 Å². The molecule has 1 aliphatic rings. The molecule has 0 aromatic carbocycles. The maximum absolute atomic E-state index is 12.1. The molecule has 0 spiro atoms. The zero-order valence-electron chi connectivity index (χ0n) is 10.9. The van der Waals surface area contributed by atoms with E-state index in [1.54, 1.807) is 13.8 Å². The van der Waals surface area contributed by atoms with Crippen molar-refractivity contribution in [3.05, 3.63) is 0 Å². The van der Waals surface area contributed by atoms with Gasteiger partial charge in [0.1, 0.15) is 5.41 Å². The van der Waals surface area contributed by atoms with E-state index in [0.29, 0.717) is 5.92 Å². The molecule has 1 rings (SSSR count). The van der Waals surface area contributed by atoms with Crippen LogP contribution in [0.1, 0.15) is 46.5 Å². The van der Waals surface area contributed by atoms with E-state index in [1.165, 1.54) is 6.42 Å². The van der Waals surface area contributed by atoms with Crippen LogP contribution < -0.4 is 11.1 Å². The van der Waals surface area contributed by atoms with Gasteiger partial charge in [-0.15, -0.1) is 0 Å². The van der Waals surface area contributed by atoms with Gasteiger partial charge in [-0.2, -0.15) is 0 Å². The van der Waals surface area contributed by atoms with Crippen molar-refractivity contribution in [2.75, 3.05) is 0 Å². The van der Waals surface area contributed by atoms with Gasteiger partial charge in [0.2, 0.25) is 5.91 Å². The Bertz CT molecular complexity index is 313. The van der Waals surface area contributed by atoms with Gasteiger partial charge in [-0.1, -0.05) is 24.9 Å². The number of carbonyl (C=O) groups excluding carboxylic acids is 1. The maximum atomic E-state index is 12.1. The summed E-state index contributed by atoms with van der Waals surface area (Å²) in [5.74, 6) is 0.423. The van der Waals surface area contributed by atoms with E-state index in [9.17, 15) is 4.79 Å². The lowest BCUT2D eigenvalue weighted by Gasteiger charge is -2.31. The maximum Gasteiger partial charge on any atom is 0.233 e. The normalized spacial score (nSPS) is 26.6. The van der Waals surface area contributed by atoms with Gasteiger partial charge in [0.05, 0.1) is 0 Å². The van der Waals surface area contributed by atoms with Crippen molar-refractivity contribution in [3.8, 4) is 0 Å². The van der Waals surface area contributed by atoms with E-state index in [2.05, 4.69) is 17.4 Å². The van der Waals surface area contributed by atoms with Gasteiger partial charge >= 0.3 is 0 Å². The highest BCUT2D eigenvalue weighted by molar-refractivity contribution is 6.05. The van der Waals surface area contributed by atoms with Gasteiger partial charge in [-0.05, 0) is 32.6 Å². The lowest BCUT2D eigenvalue weighted by molar-refractivity contribution is -0.127. The zero-order valence-corrected chi connectivity index (χ0v) is 10.9. The second kappa shape index (κ2) is 5.38. The Morgan fingerprint density at radius 3 is 2.65 bits per heavy atom.